The van der Waals surface area contributed by atoms with E-state index in [0.717, 1.165) is 12.1 Å². The van der Waals surface area contributed by atoms with Crippen LogP contribution in [-0.4, -0.2) is 8.42 Å². The predicted molar refractivity (Wildman–Crippen MR) is 81.6 cm³/mol. The molecule has 0 amide bonds. The van der Waals surface area contributed by atoms with Gasteiger partial charge < -0.3 is 5.73 Å². The van der Waals surface area contributed by atoms with Gasteiger partial charge in [0.1, 0.15) is 5.82 Å². The topological polar surface area (TPSA) is 72.2 Å². The quantitative estimate of drug-likeness (QED) is 0.889. The Morgan fingerprint density at radius 1 is 1.10 bits per heavy atom. The van der Waals surface area contributed by atoms with Gasteiger partial charge >= 0.3 is 0 Å². The van der Waals surface area contributed by atoms with E-state index >= 15 is 0 Å². The molecular formula is C13H11Cl2FN2O2S. The van der Waals surface area contributed by atoms with Crippen molar-refractivity contribution in [1.82, 2.24) is 0 Å². The van der Waals surface area contributed by atoms with Gasteiger partial charge in [0.15, 0.2) is 0 Å². The Hall–Kier alpha value is -1.34. The molecule has 0 aliphatic rings. The molecule has 0 atom stereocenters. The summed E-state index contributed by atoms with van der Waals surface area (Å²) in [5, 5.41) is 0.350. The molecule has 0 aromatic heterocycles. The van der Waals surface area contributed by atoms with Crippen LogP contribution in [0.5, 0.6) is 0 Å². The lowest BCUT2D eigenvalue weighted by molar-refractivity contribution is 0.601. The Balaban J connectivity index is 2.38. The van der Waals surface area contributed by atoms with Crippen LogP contribution in [0.2, 0.25) is 10.0 Å². The predicted octanol–water partition coefficient (Wildman–Crippen LogP) is 3.39. The summed E-state index contributed by atoms with van der Waals surface area (Å²) in [7, 11) is -3.87. The molecule has 2 aromatic rings. The van der Waals surface area contributed by atoms with Crippen LogP contribution in [0.4, 0.5) is 10.1 Å². The van der Waals surface area contributed by atoms with Crippen LogP contribution < -0.4 is 10.5 Å². The minimum absolute atomic E-state index is 0.00672. The van der Waals surface area contributed by atoms with Gasteiger partial charge in [0.25, 0.3) is 10.0 Å². The van der Waals surface area contributed by atoms with E-state index in [-0.39, 0.29) is 22.2 Å². The van der Waals surface area contributed by atoms with Crippen LogP contribution in [0.25, 0.3) is 0 Å². The van der Waals surface area contributed by atoms with E-state index in [9.17, 15) is 12.8 Å². The molecule has 0 aliphatic heterocycles. The second-order valence-corrected chi connectivity index (χ2v) is 6.68. The molecule has 0 bridgehead atoms. The smallest absolute Gasteiger partial charge is 0.261 e. The summed E-state index contributed by atoms with van der Waals surface area (Å²) in [6.07, 6.45) is 0. The molecule has 0 heterocycles. The number of rotatable bonds is 4. The monoisotopic (exact) mass is 348 g/mol. The number of benzene rings is 2. The number of halogens is 3. The minimum Gasteiger partial charge on any atom is -0.326 e. The first-order valence-corrected chi connectivity index (χ1v) is 8.04. The first kappa shape index (κ1) is 16.0. The molecule has 0 saturated carbocycles. The van der Waals surface area contributed by atoms with Gasteiger partial charge in [0.2, 0.25) is 0 Å². The zero-order chi connectivity index (χ0) is 15.6. The third-order valence-electron chi connectivity index (χ3n) is 2.72. The highest BCUT2D eigenvalue weighted by molar-refractivity contribution is 7.92. The second-order valence-electron chi connectivity index (χ2n) is 4.19. The van der Waals surface area contributed by atoms with Gasteiger partial charge in [-0.05, 0) is 42.0 Å². The van der Waals surface area contributed by atoms with Gasteiger partial charge in [0, 0.05) is 11.6 Å². The summed E-state index contributed by atoms with van der Waals surface area (Å²) in [6, 6.07) is 7.55. The third kappa shape index (κ3) is 3.65. The van der Waals surface area contributed by atoms with Gasteiger partial charge in [-0.3, -0.25) is 4.72 Å². The SMILES string of the molecule is NCc1cc(S(=O)(=O)Nc2ccc(F)cc2Cl)ccc1Cl. The lowest BCUT2D eigenvalue weighted by Gasteiger charge is -2.11. The molecule has 21 heavy (non-hydrogen) atoms. The average Bonchev–Trinajstić information content (AvgIpc) is 2.42. The minimum atomic E-state index is -3.87. The Labute approximate surface area is 131 Å². The molecule has 0 fully saturated rings. The van der Waals surface area contributed by atoms with Crippen molar-refractivity contribution in [1.29, 1.82) is 0 Å². The highest BCUT2D eigenvalue weighted by Gasteiger charge is 2.17. The maximum Gasteiger partial charge on any atom is 0.261 e. The Bertz CT molecular complexity index is 782. The fraction of sp³-hybridized carbons (Fsp3) is 0.0769. The fourth-order valence-corrected chi connectivity index (χ4v) is 3.25. The number of nitrogens with one attached hydrogen (secondary N) is 1. The van der Waals surface area contributed by atoms with E-state index in [2.05, 4.69) is 4.72 Å². The summed E-state index contributed by atoms with van der Waals surface area (Å²) in [6.45, 7) is 0.111. The van der Waals surface area contributed by atoms with E-state index in [4.69, 9.17) is 28.9 Å². The van der Waals surface area contributed by atoms with Crippen LogP contribution in [-0.2, 0) is 16.6 Å². The Kier molecular flexibility index (Phi) is 4.73. The normalized spacial score (nSPS) is 11.4. The number of sulfonamides is 1. The summed E-state index contributed by atoms with van der Waals surface area (Å²) in [5.74, 6) is -0.556. The standard InChI is InChI=1S/C13H11Cl2FN2O2S/c14-11-3-2-10(5-8(11)7-17)21(19,20)18-13-4-1-9(16)6-12(13)15/h1-6,18H,7,17H2. The fourth-order valence-electron chi connectivity index (χ4n) is 1.65. The molecule has 112 valence electrons. The third-order valence-corrected chi connectivity index (χ3v) is 4.77. The highest BCUT2D eigenvalue weighted by atomic mass is 35.5. The van der Waals surface area contributed by atoms with Crippen molar-refractivity contribution in [2.75, 3.05) is 4.72 Å². The van der Waals surface area contributed by atoms with E-state index < -0.39 is 15.8 Å². The van der Waals surface area contributed by atoms with Crippen molar-refractivity contribution in [3.05, 3.63) is 57.8 Å². The van der Waals surface area contributed by atoms with Crippen molar-refractivity contribution >= 4 is 38.9 Å². The van der Waals surface area contributed by atoms with E-state index in [1.165, 1.54) is 24.3 Å². The molecule has 2 aromatic carbocycles. The number of nitrogens with two attached hydrogens (primary N) is 1. The van der Waals surface area contributed by atoms with Crippen LogP contribution >= 0.6 is 23.2 Å². The van der Waals surface area contributed by atoms with Crippen LogP contribution in [0.1, 0.15) is 5.56 Å². The van der Waals surface area contributed by atoms with Gasteiger partial charge in [-0.1, -0.05) is 23.2 Å². The van der Waals surface area contributed by atoms with E-state index in [1.54, 1.807) is 0 Å². The second kappa shape index (κ2) is 6.19. The van der Waals surface area contributed by atoms with Crippen molar-refractivity contribution < 1.29 is 12.8 Å². The average molecular weight is 349 g/mol. The number of hydrogen-bond acceptors (Lipinski definition) is 3. The maximum atomic E-state index is 13.0. The lowest BCUT2D eigenvalue weighted by atomic mass is 10.2. The summed E-state index contributed by atoms with van der Waals surface area (Å²) < 4.78 is 39.8. The zero-order valence-electron chi connectivity index (χ0n) is 10.6. The summed E-state index contributed by atoms with van der Waals surface area (Å²) in [4.78, 5) is -0.00672. The van der Waals surface area contributed by atoms with Gasteiger partial charge in [0.05, 0.1) is 15.6 Å². The highest BCUT2D eigenvalue weighted by Crippen LogP contribution is 2.26. The molecule has 3 N–H and O–H groups in total. The Morgan fingerprint density at radius 2 is 1.81 bits per heavy atom. The molecule has 0 unspecified atom stereocenters. The maximum absolute atomic E-state index is 13.0. The van der Waals surface area contributed by atoms with Gasteiger partial charge in [-0.2, -0.15) is 0 Å². The summed E-state index contributed by atoms with van der Waals surface area (Å²) in [5.41, 5.74) is 6.08. The molecule has 0 radical (unpaired) electrons. The molecule has 4 nitrogen and oxygen atoms in total. The molecular weight excluding hydrogens is 338 g/mol. The van der Waals surface area contributed by atoms with Crippen molar-refractivity contribution in [2.24, 2.45) is 5.73 Å². The van der Waals surface area contributed by atoms with Gasteiger partial charge in [-0.15, -0.1) is 0 Å². The molecule has 2 rings (SSSR count). The van der Waals surface area contributed by atoms with Crippen LogP contribution in [0, 0.1) is 5.82 Å². The number of hydrogen-bond donors (Lipinski definition) is 2. The number of anilines is 1. The largest absolute Gasteiger partial charge is 0.326 e. The van der Waals surface area contributed by atoms with Crippen LogP contribution in [0.3, 0.4) is 0 Å². The van der Waals surface area contributed by atoms with E-state index in [0.29, 0.717) is 10.6 Å². The Morgan fingerprint density at radius 3 is 2.43 bits per heavy atom. The molecule has 0 spiro atoms. The molecule has 0 aliphatic carbocycles. The first-order valence-electron chi connectivity index (χ1n) is 5.80. The molecule has 8 heteroatoms. The lowest BCUT2D eigenvalue weighted by Crippen LogP contribution is -2.14. The van der Waals surface area contributed by atoms with Crippen molar-refractivity contribution in [3.8, 4) is 0 Å². The summed E-state index contributed by atoms with van der Waals surface area (Å²) >= 11 is 11.7. The van der Waals surface area contributed by atoms with Crippen LogP contribution in [0.15, 0.2) is 41.3 Å². The van der Waals surface area contributed by atoms with E-state index in [1.807, 2.05) is 0 Å². The first-order chi connectivity index (χ1) is 9.83. The zero-order valence-corrected chi connectivity index (χ0v) is 12.9. The van der Waals surface area contributed by atoms with Gasteiger partial charge in [-0.25, -0.2) is 12.8 Å². The van der Waals surface area contributed by atoms with Crippen molar-refractivity contribution in [2.45, 2.75) is 11.4 Å². The van der Waals surface area contributed by atoms with Crippen molar-refractivity contribution in [3.63, 3.8) is 0 Å². The molecule has 0 saturated heterocycles.